The van der Waals surface area contributed by atoms with E-state index in [0.717, 1.165) is 17.3 Å². The highest BCUT2D eigenvalue weighted by molar-refractivity contribution is 9.10. The van der Waals surface area contributed by atoms with Crippen molar-refractivity contribution in [1.82, 2.24) is 5.32 Å². The maximum atomic E-state index is 13.7. The molecule has 2 rings (SSSR count). The van der Waals surface area contributed by atoms with E-state index < -0.39 is 0 Å². The van der Waals surface area contributed by atoms with Gasteiger partial charge in [-0.3, -0.25) is 0 Å². The standard InChI is InChI=1S/C14H19BrFNO/c1-4-14(2)12(17-3)8-13(14)18-11-6-5-9(15)7-10(11)16/h5-7,12-13,17H,4,8H2,1-3H3. The first-order chi connectivity index (χ1) is 8.51. The smallest absolute Gasteiger partial charge is 0.166 e. The predicted molar refractivity (Wildman–Crippen MR) is 74.4 cm³/mol. The molecule has 0 bridgehead atoms. The molecule has 0 aliphatic heterocycles. The Morgan fingerprint density at radius 2 is 2.28 bits per heavy atom. The van der Waals surface area contributed by atoms with Crippen molar-refractivity contribution in [2.75, 3.05) is 7.05 Å². The number of hydrogen-bond donors (Lipinski definition) is 1. The number of nitrogens with one attached hydrogen (secondary N) is 1. The molecular formula is C14H19BrFNO. The van der Waals surface area contributed by atoms with E-state index in [0.29, 0.717) is 11.8 Å². The number of hydrogen-bond acceptors (Lipinski definition) is 2. The summed E-state index contributed by atoms with van der Waals surface area (Å²) in [6.45, 7) is 4.34. The van der Waals surface area contributed by atoms with Gasteiger partial charge in [-0.15, -0.1) is 0 Å². The van der Waals surface area contributed by atoms with Crippen LogP contribution >= 0.6 is 15.9 Å². The number of rotatable bonds is 4. The lowest BCUT2D eigenvalue weighted by atomic mass is 9.61. The maximum absolute atomic E-state index is 13.7. The molecular weight excluding hydrogens is 297 g/mol. The van der Waals surface area contributed by atoms with Crippen LogP contribution < -0.4 is 10.1 Å². The van der Waals surface area contributed by atoms with Crippen molar-refractivity contribution in [3.63, 3.8) is 0 Å². The molecule has 1 aromatic rings. The molecule has 0 heterocycles. The van der Waals surface area contributed by atoms with E-state index in [-0.39, 0.29) is 17.3 Å². The van der Waals surface area contributed by atoms with Gasteiger partial charge in [0, 0.05) is 22.4 Å². The van der Waals surface area contributed by atoms with Crippen LogP contribution in [-0.4, -0.2) is 19.2 Å². The molecule has 0 radical (unpaired) electrons. The lowest BCUT2D eigenvalue weighted by Crippen LogP contribution is -2.62. The van der Waals surface area contributed by atoms with Gasteiger partial charge < -0.3 is 10.1 Å². The molecule has 3 atom stereocenters. The van der Waals surface area contributed by atoms with Gasteiger partial charge in [-0.2, -0.15) is 0 Å². The zero-order valence-electron chi connectivity index (χ0n) is 11.0. The van der Waals surface area contributed by atoms with Crippen LogP contribution in [0.3, 0.4) is 0 Å². The lowest BCUT2D eigenvalue weighted by molar-refractivity contribution is -0.0693. The van der Waals surface area contributed by atoms with Gasteiger partial charge in [0.05, 0.1) is 0 Å². The van der Waals surface area contributed by atoms with E-state index in [9.17, 15) is 4.39 Å². The summed E-state index contributed by atoms with van der Waals surface area (Å²) in [6, 6.07) is 5.37. The van der Waals surface area contributed by atoms with Crippen LogP contribution in [0.15, 0.2) is 22.7 Å². The largest absolute Gasteiger partial charge is 0.487 e. The normalized spacial score (nSPS) is 30.9. The molecule has 18 heavy (non-hydrogen) atoms. The maximum Gasteiger partial charge on any atom is 0.166 e. The van der Waals surface area contributed by atoms with Crippen LogP contribution in [0.4, 0.5) is 4.39 Å². The van der Waals surface area contributed by atoms with Gasteiger partial charge in [-0.1, -0.05) is 29.8 Å². The van der Waals surface area contributed by atoms with Crippen molar-refractivity contribution < 1.29 is 9.13 Å². The molecule has 0 saturated heterocycles. The Morgan fingerprint density at radius 3 is 2.83 bits per heavy atom. The summed E-state index contributed by atoms with van der Waals surface area (Å²) in [6.07, 6.45) is 2.02. The van der Waals surface area contributed by atoms with Gasteiger partial charge >= 0.3 is 0 Å². The van der Waals surface area contributed by atoms with Crippen LogP contribution in [0, 0.1) is 11.2 Å². The molecule has 0 aromatic heterocycles. The Morgan fingerprint density at radius 1 is 1.56 bits per heavy atom. The molecule has 2 nitrogen and oxygen atoms in total. The van der Waals surface area contributed by atoms with Crippen LogP contribution in [0.1, 0.15) is 26.7 Å². The molecule has 1 aliphatic rings. The van der Waals surface area contributed by atoms with E-state index in [1.54, 1.807) is 12.1 Å². The molecule has 1 saturated carbocycles. The molecule has 0 spiro atoms. The van der Waals surface area contributed by atoms with Gasteiger partial charge in [-0.25, -0.2) is 4.39 Å². The van der Waals surface area contributed by atoms with Crippen molar-refractivity contribution in [3.05, 3.63) is 28.5 Å². The average Bonchev–Trinajstić information content (AvgIpc) is 2.35. The summed E-state index contributed by atoms with van der Waals surface area (Å²) in [5.41, 5.74) is 0.0776. The topological polar surface area (TPSA) is 21.3 Å². The molecule has 3 unspecified atom stereocenters. The molecule has 1 aromatic carbocycles. The average molecular weight is 316 g/mol. The van der Waals surface area contributed by atoms with E-state index in [2.05, 4.69) is 35.1 Å². The van der Waals surface area contributed by atoms with Crippen molar-refractivity contribution >= 4 is 15.9 Å². The van der Waals surface area contributed by atoms with Gasteiger partial charge in [0.25, 0.3) is 0 Å². The minimum Gasteiger partial charge on any atom is -0.487 e. The zero-order chi connectivity index (χ0) is 13.3. The lowest BCUT2D eigenvalue weighted by Gasteiger charge is -2.53. The van der Waals surface area contributed by atoms with Crippen molar-refractivity contribution in [2.24, 2.45) is 5.41 Å². The highest BCUT2D eigenvalue weighted by Gasteiger charge is 2.51. The van der Waals surface area contributed by atoms with Gasteiger partial charge in [-0.05, 0) is 31.7 Å². The number of benzene rings is 1. The fourth-order valence-corrected chi connectivity index (χ4v) is 2.98. The summed E-state index contributed by atoms with van der Waals surface area (Å²) in [4.78, 5) is 0. The second kappa shape index (κ2) is 5.17. The predicted octanol–water partition coefficient (Wildman–Crippen LogP) is 3.74. The van der Waals surface area contributed by atoms with E-state index in [1.165, 1.54) is 6.07 Å². The summed E-state index contributed by atoms with van der Waals surface area (Å²) >= 11 is 3.24. The van der Waals surface area contributed by atoms with Crippen molar-refractivity contribution in [2.45, 2.75) is 38.8 Å². The Bertz CT molecular complexity index is 440. The van der Waals surface area contributed by atoms with E-state index in [1.807, 2.05) is 7.05 Å². The number of halogens is 2. The minimum absolute atomic E-state index is 0.0776. The Balaban J connectivity index is 2.11. The highest BCUT2D eigenvalue weighted by Crippen LogP contribution is 2.46. The van der Waals surface area contributed by atoms with Crippen LogP contribution in [0.25, 0.3) is 0 Å². The third-order valence-corrected chi connectivity index (χ3v) is 4.75. The summed E-state index contributed by atoms with van der Waals surface area (Å²) in [5, 5.41) is 3.30. The second-order valence-electron chi connectivity index (χ2n) is 5.12. The quantitative estimate of drug-likeness (QED) is 0.913. The molecule has 1 fully saturated rings. The second-order valence-corrected chi connectivity index (χ2v) is 6.03. The first-order valence-electron chi connectivity index (χ1n) is 6.30. The Hall–Kier alpha value is -0.610. The fraction of sp³-hybridized carbons (Fsp3) is 0.571. The zero-order valence-corrected chi connectivity index (χ0v) is 12.6. The fourth-order valence-electron chi connectivity index (χ4n) is 2.64. The monoisotopic (exact) mass is 315 g/mol. The third-order valence-electron chi connectivity index (χ3n) is 4.25. The van der Waals surface area contributed by atoms with Crippen LogP contribution in [0.2, 0.25) is 0 Å². The van der Waals surface area contributed by atoms with E-state index in [4.69, 9.17) is 4.74 Å². The summed E-state index contributed by atoms with van der Waals surface area (Å²) in [5.74, 6) is 0.0353. The Kier molecular flexibility index (Phi) is 3.97. The summed E-state index contributed by atoms with van der Waals surface area (Å²) in [7, 11) is 1.97. The van der Waals surface area contributed by atoms with Crippen molar-refractivity contribution in [3.8, 4) is 5.75 Å². The van der Waals surface area contributed by atoms with Crippen molar-refractivity contribution in [1.29, 1.82) is 0 Å². The Labute approximate surface area is 116 Å². The first kappa shape index (κ1) is 13.8. The van der Waals surface area contributed by atoms with Gasteiger partial charge in [0.2, 0.25) is 0 Å². The number of ether oxygens (including phenoxy) is 1. The van der Waals surface area contributed by atoms with Crippen LogP contribution in [0.5, 0.6) is 5.75 Å². The molecule has 1 aliphatic carbocycles. The van der Waals surface area contributed by atoms with E-state index >= 15 is 0 Å². The molecule has 100 valence electrons. The van der Waals surface area contributed by atoms with Gasteiger partial charge in [0.15, 0.2) is 11.6 Å². The third kappa shape index (κ3) is 2.28. The minimum atomic E-state index is -0.310. The first-order valence-corrected chi connectivity index (χ1v) is 7.09. The molecule has 1 N–H and O–H groups in total. The highest BCUT2D eigenvalue weighted by atomic mass is 79.9. The summed E-state index contributed by atoms with van der Waals surface area (Å²) < 4.78 is 20.3. The van der Waals surface area contributed by atoms with Gasteiger partial charge in [0.1, 0.15) is 6.10 Å². The molecule has 4 heteroatoms. The van der Waals surface area contributed by atoms with Crippen LogP contribution in [-0.2, 0) is 0 Å². The SMILES string of the molecule is CCC1(C)C(NC)CC1Oc1ccc(Br)cc1F. The molecule has 0 amide bonds.